The van der Waals surface area contributed by atoms with Gasteiger partial charge in [-0.05, 0) is 44.1 Å². The molecule has 0 bridgehead atoms. The molecule has 162 valence electrons. The molecule has 0 amide bonds. The van der Waals surface area contributed by atoms with Crippen LogP contribution in [0.1, 0.15) is 62.3 Å². The summed E-state index contributed by atoms with van der Waals surface area (Å²) in [5.74, 6) is 1.47. The Labute approximate surface area is 178 Å². The van der Waals surface area contributed by atoms with E-state index >= 15 is 0 Å². The molecule has 2 aliphatic rings. The van der Waals surface area contributed by atoms with Gasteiger partial charge in [0.15, 0.2) is 11.5 Å². The molecule has 2 N–H and O–H groups in total. The van der Waals surface area contributed by atoms with Gasteiger partial charge in [0.05, 0.1) is 5.69 Å². The number of nitrogens with one attached hydrogen (secondary N) is 2. The standard InChI is InChI=1S/C22H25F2N7/c1-12(2)22-29-28-18-6-5-17(30-31(18)22)20-19(15-4-3-14(23)11-16(15)24)26-21(27-20)13-7-9-25-10-8-13/h3-6,12-14,25H,7-11H2,1-2H3,(H,26,27). The summed E-state index contributed by atoms with van der Waals surface area (Å²) in [5, 5.41) is 16.5. The number of allylic oxidation sites excluding steroid dienone is 4. The maximum atomic E-state index is 14.8. The fraction of sp³-hybridized carbons (Fsp3) is 0.455. The first kappa shape index (κ1) is 20.0. The molecule has 1 saturated heterocycles. The van der Waals surface area contributed by atoms with Gasteiger partial charge in [-0.1, -0.05) is 19.9 Å². The molecule has 5 rings (SSSR count). The van der Waals surface area contributed by atoms with Crippen molar-refractivity contribution in [3.63, 3.8) is 0 Å². The number of H-pyrrole nitrogens is 1. The molecular weight excluding hydrogens is 400 g/mol. The van der Waals surface area contributed by atoms with E-state index in [1.54, 1.807) is 4.52 Å². The summed E-state index contributed by atoms with van der Waals surface area (Å²) in [6.07, 6.45) is 3.20. The minimum Gasteiger partial charge on any atom is -0.340 e. The molecule has 0 saturated carbocycles. The lowest BCUT2D eigenvalue weighted by molar-refractivity contribution is 0.370. The van der Waals surface area contributed by atoms with E-state index in [1.807, 2.05) is 26.0 Å². The zero-order chi connectivity index (χ0) is 21.5. The molecule has 0 aromatic carbocycles. The highest BCUT2D eigenvalue weighted by molar-refractivity contribution is 5.83. The summed E-state index contributed by atoms with van der Waals surface area (Å²) >= 11 is 0. The second-order valence-electron chi connectivity index (χ2n) is 8.47. The van der Waals surface area contributed by atoms with Crippen LogP contribution in [-0.4, -0.2) is 49.0 Å². The zero-order valence-electron chi connectivity index (χ0n) is 17.6. The average Bonchev–Trinajstić information content (AvgIpc) is 3.38. The molecule has 1 atom stereocenters. The fourth-order valence-electron chi connectivity index (χ4n) is 4.21. The molecule has 4 heterocycles. The van der Waals surface area contributed by atoms with Gasteiger partial charge in [-0.2, -0.15) is 9.61 Å². The van der Waals surface area contributed by atoms with Gasteiger partial charge in [-0.25, -0.2) is 13.8 Å². The summed E-state index contributed by atoms with van der Waals surface area (Å²) in [4.78, 5) is 8.22. The molecule has 1 unspecified atom stereocenters. The number of hydrogen-bond acceptors (Lipinski definition) is 5. The van der Waals surface area contributed by atoms with E-state index in [0.717, 1.165) is 37.6 Å². The van der Waals surface area contributed by atoms with E-state index in [4.69, 9.17) is 10.1 Å². The SMILES string of the molecule is CC(C)c1nnc2ccc(-c3[nH]c(C4CCNCC4)nc3C3=C(F)CC(F)C=C3)nn12. The molecule has 3 aromatic rings. The number of aromatic nitrogens is 6. The van der Waals surface area contributed by atoms with E-state index in [1.165, 1.54) is 12.2 Å². The molecular formula is C22H25F2N7. The average molecular weight is 425 g/mol. The highest BCUT2D eigenvalue weighted by Gasteiger charge is 2.27. The van der Waals surface area contributed by atoms with Crippen LogP contribution in [0.3, 0.4) is 0 Å². The Kier molecular flexibility index (Phi) is 5.13. The van der Waals surface area contributed by atoms with Crippen LogP contribution in [0.5, 0.6) is 0 Å². The van der Waals surface area contributed by atoms with Gasteiger partial charge in [-0.3, -0.25) is 0 Å². The third-order valence-electron chi connectivity index (χ3n) is 5.90. The van der Waals surface area contributed by atoms with Crippen molar-refractivity contribution in [3.05, 3.63) is 47.5 Å². The Hall–Kier alpha value is -2.94. The first-order valence-corrected chi connectivity index (χ1v) is 10.8. The number of nitrogens with zero attached hydrogens (tertiary/aromatic N) is 5. The van der Waals surface area contributed by atoms with Crippen LogP contribution in [0.25, 0.3) is 22.6 Å². The zero-order valence-corrected chi connectivity index (χ0v) is 17.6. The highest BCUT2D eigenvalue weighted by Crippen LogP contribution is 2.36. The largest absolute Gasteiger partial charge is 0.340 e. The monoisotopic (exact) mass is 425 g/mol. The molecule has 1 aliphatic heterocycles. The molecule has 9 heteroatoms. The Balaban J connectivity index is 1.65. The summed E-state index contributed by atoms with van der Waals surface area (Å²) in [6, 6.07) is 3.68. The van der Waals surface area contributed by atoms with Crippen molar-refractivity contribution in [2.45, 2.75) is 51.1 Å². The van der Waals surface area contributed by atoms with Crippen LogP contribution in [0.15, 0.2) is 30.1 Å². The molecule has 7 nitrogen and oxygen atoms in total. The minimum absolute atomic E-state index is 0.146. The van der Waals surface area contributed by atoms with Crippen LogP contribution in [-0.2, 0) is 0 Å². The van der Waals surface area contributed by atoms with Gasteiger partial charge < -0.3 is 10.3 Å². The normalized spacial score (nSPS) is 20.4. The van der Waals surface area contributed by atoms with E-state index in [0.29, 0.717) is 28.3 Å². The van der Waals surface area contributed by atoms with Crippen molar-refractivity contribution >= 4 is 11.2 Å². The summed E-state index contributed by atoms with van der Waals surface area (Å²) < 4.78 is 30.2. The highest BCUT2D eigenvalue weighted by atomic mass is 19.1. The van der Waals surface area contributed by atoms with Gasteiger partial charge in [0.1, 0.15) is 29.2 Å². The van der Waals surface area contributed by atoms with Gasteiger partial charge >= 0.3 is 0 Å². The topological polar surface area (TPSA) is 83.8 Å². The molecule has 1 aliphatic carbocycles. The van der Waals surface area contributed by atoms with Gasteiger partial charge in [0, 0.05) is 23.8 Å². The van der Waals surface area contributed by atoms with Crippen molar-refractivity contribution in [3.8, 4) is 11.4 Å². The van der Waals surface area contributed by atoms with Gasteiger partial charge in [0.25, 0.3) is 0 Å². The Morgan fingerprint density at radius 1 is 1.16 bits per heavy atom. The van der Waals surface area contributed by atoms with Crippen LogP contribution < -0.4 is 5.32 Å². The third-order valence-corrected chi connectivity index (χ3v) is 5.90. The van der Waals surface area contributed by atoms with E-state index in [2.05, 4.69) is 20.5 Å². The number of fused-ring (bicyclic) bond motifs is 1. The summed E-state index contributed by atoms with van der Waals surface area (Å²) in [5.41, 5.74) is 2.68. The quantitative estimate of drug-likeness (QED) is 0.658. The molecule has 3 aromatic heterocycles. The lowest BCUT2D eigenvalue weighted by atomic mass is 9.97. The predicted molar refractivity (Wildman–Crippen MR) is 114 cm³/mol. The number of halogens is 2. The van der Waals surface area contributed by atoms with Crippen molar-refractivity contribution < 1.29 is 8.78 Å². The lowest BCUT2D eigenvalue weighted by Crippen LogP contribution is -2.27. The van der Waals surface area contributed by atoms with E-state index < -0.39 is 12.0 Å². The summed E-state index contributed by atoms with van der Waals surface area (Å²) in [6.45, 7) is 5.89. The number of hydrogen-bond donors (Lipinski definition) is 2. The van der Waals surface area contributed by atoms with Crippen LogP contribution in [0.4, 0.5) is 8.78 Å². The molecule has 31 heavy (non-hydrogen) atoms. The Morgan fingerprint density at radius 2 is 1.97 bits per heavy atom. The Bertz CT molecular complexity index is 1170. The number of aromatic amines is 1. The van der Waals surface area contributed by atoms with E-state index in [9.17, 15) is 8.78 Å². The first-order valence-electron chi connectivity index (χ1n) is 10.8. The van der Waals surface area contributed by atoms with Crippen molar-refractivity contribution in [2.24, 2.45) is 0 Å². The van der Waals surface area contributed by atoms with Crippen LogP contribution in [0.2, 0.25) is 0 Å². The van der Waals surface area contributed by atoms with Gasteiger partial charge in [0.2, 0.25) is 0 Å². The third kappa shape index (κ3) is 3.67. The lowest BCUT2D eigenvalue weighted by Gasteiger charge is -2.20. The van der Waals surface area contributed by atoms with Crippen molar-refractivity contribution in [2.75, 3.05) is 13.1 Å². The minimum atomic E-state index is -1.31. The smallest absolute Gasteiger partial charge is 0.177 e. The predicted octanol–water partition coefficient (Wildman–Crippen LogP) is 4.08. The van der Waals surface area contributed by atoms with Gasteiger partial charge in [-0.15, -0.1) is 10.2 Å². The fourth-order valence-corrected chi connectivity index (χ4v) is 4.21. The van der Waals surface area contributed by atoms with Crippen molar-refractivity contribution in [1.82, 2.24) is 35.1 Å². The maximum absolute atomic E-state index is 14.8. The Morgan fingerprint density at radius 3 is 2.71 bits per heavy atom. The molecule has 0 spiro atoms. The number of piperidine rings is 1. The maximum Gasteiger partial charge on any atom is 0.177 e. The number of imidazole rings is 1. The van der Waals surface area contributed by atoms with Crippen LogP contribution in [0, 0.1) is 0 Å². The number of rotatable bonds is 4. The van der Waals surface area contributed by atoms with Crippen LogP contribution >= 0.6 is 0 Å². The second kappa shape index (κ2) is 7.96. The summed E-state index contributed by atoms with van der Waals surface area (Å²) in [7, 11) is 0. The molecule has 0 radical (unpaired) electrons. The van der Waals surface area contributed by atoms with E-state index in [-0.39, 0.29) is 18.3 Å². The second-order valence-corrected chi connectivity index (χ2v) is 8.47. The first-order chi connectivity index (χ1) is 15.0. The van der Waals surface area contributed by atoms with Crippen molar-refractivity contribution in [1.29, 1.82) is 0 Å². The molecule has 1 fully saturated rings. The number of alkyl halides is 1.